The van der Waals surface area contributed by atoms with Gasteiger partial charge < -0.3 is 10.1 Å². The first-order valence-electron chi connectivity index (χ1n) is 5.03. The maximum absolute atomic E-state index is 11.6. The number of nitrogens with zero attached hydrogens (tertiary/aromatic N) is 2. The highest BCUT2D eigenvalue weighted by molar-refractivity contribution is 5.90. The van der Waals surface area contributed by atoms with Gasteiger partial charge in [0.1, 0.15) is 6.33 Å². The fourth-order valence-corrected chi connectivity index (χ4v) is 1.70. The molecule has 0 saturated carbocycles. The summed E-state index contributed by atoms with van der Waals surface area (Å²) in [6.07, 6.45) is 3.23. The number of rotatable bonds is 2. The standard InChI is InChI=1S/C9H14N4O2/c1-6-4-7(2-3-15-6)12-9(14)8-10-5-11-13-8/h5-7H,2-4H2,1H3,(H,12,14)(H,10,11,13). The molecule has 82 valence electrons. The first-order valence-corrected chi connectivity index (χ1v) is 5.03. The van der Waals surface area contributed by atoms with Crippen molar-refractivity contribution in [2.45, 2.75) is 31.9 Å². The smallest absolute Gasteiger partial charge is 0.288 e. The van der Waals surface area contributed by atoms with Crippen molar-refractivity contribution < 1.29 is 9.53 Å². The monoisotopic (exact) mass is 210 g/mol. The zero-order valence-corrected chi connectivity index (χ0v) is 8.56. The summed E-state index contributed by atoms with van der Waals surface area (Å²) in [5, 5.41) is 9.06. The summed E-state index contributed by atoms with van der Waals surface area (Å²) in [6, 6.07) is 0.173. The van der Waals surface area contributed by atoms with Crippen LogP contribution in [-0.4, -0.2) is 39.8 Å². The van der Waals surface area contributed by atoms with Crippen molar-refractivity contribution in [2.75, 3.05) is 6.61 Å². The van der Waals surface area contributed by atoms with Crippen molar-refractivity contribution in [1.29, 1.82) is 0 Å². The van der Waals surface area contributed by atoms with Gasteiger partial charge in [-0.05, 0) is 19.8 Å². The average Bonchev–Trinajstić information content (AvgIpc) is 2.70. The van der Waals surface area contributed by atoms with E-state index < -0.39 is 0 Å². The summed E-state index contributed by atoms with van der Waals surface area (Å²) in [4.78, 5) is 15.4. The van der Waals surface area contributed by atoms with E-state index in [4.69, 9.17) is 4.74 Å². The first-order chi connectivity index (χ1) is 7.25. The zero-order chi connectivity index (χ0) is 10.7. The van der Waals surface area contributed by atoms with Crippen LogP contribution in [0.1, 0.15) is 30.4 Å². The van der Waals surface area contributed by atoms with Crippen molar-refractivity contribution in [3.05, 3.63) is 12.2 Å². The first kappa shape index (κ1) is 10.1. The maximum Gasteiger partial charge on any atom is 0.288 e. The molecule has 6 heteroatoms. The molecule has 2 unspecified atom stereocenters. The number of nitrogens with one attached hydrogen (secondary N) is 2. The lowest BCUT2D eigenvalue weighted by Gasteiger charge is -2.27. The molecule has 0 aromatic carbocycles. The summed E-state index contributed by atoms with van der Waals surface area (Å²) < 4.78 is 5.39. The SMILES string of the molecule is CC1CC(NC(=O)c2ncn[nH]2)CCO1. The van der Waals surface area contributed by atoms with E-state index in [1.54, 1.807) is 0 Å². The number of carbonyl (C=O) groups excluding carboxylic acids is 1. The molecule has 15 heavy (non-hydrogen) atoms. The molecule has 2 rings (SSSR count). The van der Waals surface area contributed by atoms with Gasteiger partial charge in [-0.25, -0.2) is 4.98 Å². The fourth-order valence-electron chi connectivity index (χ4n) is 1.70. The van der Waals surface area contributed by atoms with Crippen LogP contribution in [0.3, 0.4) is 0 Å². The van der Waals surface area contributed by atoms with Gasteiger partial charge in [0.25, 0.3) is 5.91 Å². The van der Waals surface area contributed by atoms with Gasteiger partial charge >= 0.3 is 0 Å². The van der Waals surface area contributed by atoms with Crippen molar-refractivity contribution in [1.82, 2.24) is 20.5 Å². The maximum atomic E-state index is 11.6. The molecule has 2 atom stereocenters. The van der Waals surface area contributed by atoms with Gasteiger partial charge in [0.2, 0.25) is 5.82 Å². The van der Waals surface area contributed by atoms with Crippen molar-refractivity contribution in [2.24, 2.45) is 0 Å². The predicted molar refractivity (Wildman–Crippen MR) is 52.3 cm³/mol. The van der Waals surface area contributed by atoms with Gasteiger partial charge in [-0.3, -0.25) is 9.89 Å². The third-order valence-electron chi connectivity index (χ3n) is 2.45. The summed E-state index contributed by atoms with van der Waals surface area (Å²) >= 11 is 0. The number of hydrogen-bond donors (Lipinski definition) is 2. The molecule has 0 radical (unpaired) electrons. The molecule has 1 aliphatic rings. The molecule has 0 spiro atoms. The number of hydrogen-bond acceptors (Lipinski definition) is 4. The Balaban J connectivity index is 1.89. The van der Waals surface area contributed by atoms with Crippen LogP contribution in [0.15, 0.2) is 6.33 Å². The molecule has 1 saturated heterocycles. The lowest BCUT2D eigenvalue weighted by molar-refractivity contribution is 0.0136. The van der Waals surface area contributed by atoms with Gasteiger partial charge in [0.15, 0.2) is 0 Å². The highest BCUT2D eigenvalue weighted by atomic mass is 16.5. The highest BCUT2D eigenvalue weighted by Crippen LogP contribution is 2.13. The molecule has 1 aromatic heterocycles. The number of ether oxygens (including phenoxy) is 1. The molecule has 1 fully saturated rings. The van der Waals surface area contributed by atoms with E-state index in [0.717, 1.165) is 12.8 Å². The minimum absolute atomic E-state index is 0.173. The Morgan fingerprint density at radius 3 is 3.27 bits per heavy atom. The second-order valence-corrected chi connectivity index (χ2v) is 3.71. The van der Waals surface area contributed by atoms with E-state index in [0.29, 0.717) is 6.61 Å². The van der Waals surface area contributed by atoms with Crippen LogP contribution in [0.25, 0.3) is 0 Å². The van der Waals surface area contributed by atoms with E-state index in [9.17, 15) is 4.79 Å². The number of aromatic amines is 1. The molecular weight excluding hydrogens is 196 g/mol. The number of aromatic nitrogens is 3. The van der Waals surface area contributed by atoms with Crippen LogP contribution in [0, 0.1) is 0 Å². The second kappa shape index (κ2) is 4.39. The number of amides is 1. The van der Waals surface area contributed by atoms with Crippen LogP contribution in [0.4, 0.5) is 0 Å². The molecule has 2 heterocycles. The number of carbonyl (C=O) groups is 1. The Bertz CT molecular complexity index is 325. The Morgan fingerprint density at radius 2 is 2.60 bits per heavy atom. The average molecular weight is 210 g/mol. The predicted octanol–water partition coefficient (Wildman–Crippen LogP) is 0.102. The van der Waals surface area contributed by atoms with Gasteiger partial charge in [0, 0.05) is 12.6 Å². The summed E-state index contributed by atoms with van der Waals surface area (Å²) in [7, 11) is 0. The minimum Gasteiger partial charge on any atom is -0.378 e. The second-order valence-electron chi connectivity index (χ2n) is 3.71. The number of H-pyrrole nitrogens is 1. The summed E-state index contributed by atoms with van der Waals surface area (Å²) in [6.45, 7) is 2.70. The normalized spacial score (nSPS) is 26.2. The lowest BCUT2D eigenvalue weighted by atomic mass is 10.0. The summed E-state index contributed by atoms with van der Waals surface area (Å²) in [5.74, 6) is 0.0562. The third-order valence-corrected chi connectivity index (χ3v) is 2.45. The minimum atomic E-state index is -0.202. The Kier molecular flexibility index (Phi) is 2.96. The Morgan fingerprint density at radius 1 is 1.73 bits per heavy atom. The Labute approximate surface area is 87.4 Å². The lowest BCUT2D eigenvalue weighted by Crippen LogP contribution is -2.41. The van der Waals surface area contributed by atoms with E-state index in [1.165, 1.54) is 6.33 Å². The van der Waals surface area contributed by atoms with Gasteiger partial charge in [-0.2, -0.15) is 5.10 Å². The van der Waals surface area contributed by atoms with Gasteiger partial charge in [0.05, 0.1) is 6.10 Å². The van der Waals surface area contributed by atoms with E-state index in [-0.39, 0.29) is 23.9 Å². The van der Waals surface area contributed by atoms with Crippen molar-refractivity contribution >= 4 is 5.91 Å². The zero-order valence-electron chi connectivity index (χ0n) is 8.56. The molecule has 0 bridgehead atoms. The van der Waals surface area contributed by atoms with Crippen LogP contribution in [0.2, 0.25) is 0 Å². The van der Waals surface area contributed by atoms with E-state index >= 15 is 0 Å². The van der Waals surface area contributed by atoms with Crippen LogP contribution < -0.4 is 5.32 Å². The molecule has 1 aliphatic heterocycles. The van der Waals surface area contributed by atoms with E-state index in [2.05, 4.69) is 20.5 Å². The molecular formula is C9H14N4O2. The van der Waals surface area contributed by atoms with Gasteiger partial charge in [-0.15, -0.1) is 0 Å². The highest BCUT2D eigenvalue weighted by Gasteiger charge is 2.22. The topological polar surface area (TPSA) is 79.9 Å². The van der Waals surface area contributed by atoms with Crippen LogP contribution in [-0.2, 0) is 4.74 Å². The molecule has 6 nitrogen and oxygen atoms in total. The summed E-state index contributed by atoms with van der Waals surface area (Å²) in [5.41, 5.74) is 0. The van der Waals surface area contributed by atoms with Crippen LogP contribution in [0.5, 0.6) is 0 Å². The van der Waals surface area contributed by atoms with Crippen LogP contribution >= 0.6 is 0 Å². The fraction of sp³-hybridized carbons (Fsp3) is 0.667. The molecule has 2 N–H and O–H groups in total. The third kappa shape index (κ3) is 2.53. The molecule has 1 aromatic rings. The Hall–Kier alpha value is -1.43. The van der Waals surface area contributed by atoms with Crippen molar-refractivity contribution in [3.8, 4) is 0 Å². The molecule has 1 amide bonds. The largest absolute Gasteiger partial charge is 0.378 e. The quantitative estimate of drug-likeness (QED) is 0.725. The van der Waals surface area contributed by atoms with E-state index in [1.807, 2.05) is 6.92 Å². The van der Waals surface area contributed by atoms with Gasteiger partial charge in [-0.1, -0.05) is 0 Å². The molecule has 0 aliphatic carbocycles. The van der Waals surface area contributed by atoms with Crippen molar-refractivity contribution in [3.63, 3.8) is 0 Å².